The third-order valence-electron chi connectivity index (χ3n) is 2.79. The number of nitrogens with zero attached hydrogens (tertiary/aromatic N) is 4. The number of aromatic nitrogens is 3. The molecule has 0 aliphatic heterocycles. The molecule has 98 valence electrons. The van der Waals surface area contributed by atoms with E-state index in [4.69, 9.17) is 4.65 Å². The Hall–Kier alpha value is -2.68. The molecule has 2 aromatic rings. The van der Waals surface area contributed by atoms with Gasteiger partial charge in [0.1, 0.15) is 28.9 Å². The Morgan fingerprint density at radius 2 is 1.90 bits per heavy atom. The number of benzene rings is 1. The summed E-state index contributed by atoms with van der Waals surface area (Å²) in [7, 11) is 1.51. The first-order valence-electron chi connectivity index (χ1n) is 6.09. The summed E-state index contributed by atoms with van der Waals surface area (Å²) in [5.41, 5.74) is 2.35. The van der Waals surface area contributed by atoms with E-state index >= 15 is 0 Å². The van der Waals surface area contributed by atoms with E-state index in [2.05, 4.69) is 21.3 Å². The third kappa shape index (κ3) is 2.67. The highest BCUT2D eigenvalue weighted by molar-refractivity contribution is 6.06. The van der Waals surface area contributed by atoms with E-state index in [9.17, 15) is 5.26 Å². The Kier molecular flexibility index (Phi) is 4.11. The molecule has 0 bridgehead atoms. The second-order valence-electron chi connectivity index (χ2n) is 4.18. The maximum atomic E-state index is 9.43. The molecular weight excluding hydrogens is 251 g/mol. The van der Waals surface area contributed by atoms with Gasteiger partial charge in [0.15, 0.2) is 0 Å². The van der Waals surface area contributed by atoms with Gasteiger partial charge in [0, 0.05) is 0 Å². The Morgan fingerprint density at radius 1 is 1.20 bits per heavy atom. The minimum absolute atomic E-state index is 0.385. The summed E-state index contributed by atoms with van der Waals surface area (Å²) in [6.07, 6.45) is 0. The van der Waals surface area contributed by atoms with Gasteiger partial charge >= 0.3 is 8.05 Å². The van der Waals surface area contributed by atoms with Crippen LogP contribution in [0.1, 0.15) is 22.8 Å². The first kappa shape index (κ1) is 13.7. The fourth-order valence-corrected chi connectivity index (χ4v) is 1.89. The number of hydrogen-bond donors (Lipinski definition) is 0. The first-order valence-corrected chi connectivity index (χ1v) is 6.09. The van der Waals surface area contributed by atoms with Gasteiger partial charge in [-0.2, -0.15) is 5.26 Å². The summed E-state index contributed by atoms with van der Waals surface area (Å²) in [6, 6.07) is 11.5. The molecular formula is C14H13BN4O. The van der Waals surface area contributed by atoms with Crippen LogP contribution in [0.3, 0.4) is 0 Å². The van der Waals surface area contributed by atoms with Gasteiger partial charge in [-0.05, 0) is 19.4 Å². The van der Waals surface area contributed by atoms with Crippen molar-refractivity contribution in [2.45, 2.75) is 13.8 Å². The summed E-state index contributed by atoms with van der Waals surface area (Å²) in [5.74, 6) is 0.969. The molecule has 0 amide bonds. The quantitative estimate of drug-likeness (QED) is 0.476. The first-order chi connectivity index (χ1) is 9.67. The van der Waals surface area contributed by atoms with Crippen LogP contribution in [-0.2, 0) is 4.65 Å². The molecule has 20 heavy (non-hydrogen) atoms. The number of aryl methyl sites for hydroxylation is 2. The zero-order valence-electron chi connectivity index (χ0n) is 11.6. The maximum absolute atomic E-state index is 9.43. The van der Waals surface area contributed by atoms with Crippen molar-refractivity contribution in [3.63, 3.8) is 0 Å². The van der Waals surface area contributed by atoms with Gasteiger partial charge in [0.25, 0.3) is 0 Å². The van der Waals surface area contributed by atoms with Gasteiger partial charge in [-0.15, -0.1) is 10.2 Å². The van der Waals surface area contributed by atoms with Crippen molar-refractivity contribution in [3.05, 3.63) is 53.1 Å². The molecule has 0 saturated carbocycles. The standard InChI is InChI=1S/C14H13BN4O/c1-9-13(19-18-10(2)17-9)14(20-15)12(8-16)11-6-4-3-5-7-11/h3-7H,15H2,1-2H3. The molecule has 6 heteroatoms. The zero-order valence-corrected chi connectivity index (χ0v) is 11.6. The second kappa shape index (κ2) is 5.98. The summed E-state index contributed by atoms with van der Waals surface area (Å²) >= 11 is 0. The lowest BCUT2D eigenvalue weighted by Gasteiger charge is -2.11. The Morgan fingerprint density at radius 3 is 2.45 bits per heavy atom. The lowest BCUT2D eigenvalue weighted by atomic mass is 10.0. The molecule has 1 heterocycles. The van der Waals surface area contributed by atoms with Gasteiger partial charge in [-0.25, -0.2) is 4.98 Å². The van der Waals surface area contributed by atoms with Crippen LogP contribution in [0, 0.1) is 25.2 Å². The molecule has 0 aliphatic carbocycles. The van der Waals surface area contributed by atoms with E-state index in [0.29, 0.717) is 28.5 Å². The van der Waals surface area contributed by atoms with Gasteiger partial charge in [-0.1, -0.05) is 30.3 Å². The van der Waals surface area contributed by atoms with Crippen molar-refractivity contribution in [1.29, 1.82) is 5.26 Å². The van der Waals surface area contributed by atoms with E-state index < -0.39 is 0 Å². The molecule has 0 fully saturated rings. The van der Waals surface area contributed by atoms with Crippen molar-refractivity contribution in [1.82, 2.24) is 15.2 Å². The van der Waals surface area contributed by atoms with Crippen LogP contribution in [0.2, 0.25) is 0 Å². The van der Waals surface area contributed by atoms with E-state index in [-0.39, 0.29) is 0 Å². The van der Waals surface area contributed by atoms with E-state index in [1.807, 2.05) is 37.3 Å². The highest BCUT2D eigenvalue weighted by Crippen LogP contribution is 2.26. The average molecular weight is 264 g/mol. The predicted molar refractivity (Wildman–Crippen MR) is 77.8 cm³/mol. The predicted octanol–water partition coefficient (Wildman–Crippen LogP) is 1.45. The molecule has 1 aromatic heterocycles. The molecule has 0 N–H and O–H groups in total. The van der Waals surface area contributed by atoms with Gasteiger partial charge < -0.3 is 4.65 Å². The largest absolute Gasteiger partial charge is 0.565 e. The van der Waals surface area contributed by atoms with Crippen LogP contribution in [0.4, 0.5) is 0 Å². The van der Waals surface area contributed by atoms with Gasteiger partial charge in [-0.3, -0.25) is 0 Å². The second-order valence-corrected chi connectivity index (χ2v) is 4.18. The number of hydrogen-bond acceptors (Lipinski definition) is 5. The van der Waals surface area contributed by atoms with Crippen LogP contribution in [-0.4, -0.2) is 23.2 Å². The fraction of sp³-hybridized carbons (Fsp3) is 0.143. The number of rotatable bonds is 3. The summed E-state index contributed by atoms with van der Waals surface area (Å²) in [4.78, 5) is 4.26. The Balaban J connectivity index is 2.65. The monoisotopic (exact) mass is 264 g/mol. The Labute approximate surface area is 118 Å². The fourth-order valence-electron chi connectivity index (χ4n) is 1.89. The normalized spacial score (nSPS) is 11.4. The van der Waals surface area contributed by atoms with Gasteiger partial charge in [0.05, 0.1) is 5.69 Å². The van der Waals surface area contributed by atoms with E-state index in [0.717, 1.165) is 5.56 Å². The van der Waals surface area contributed by atoms with Gasteiger partial charge in [0.2, 0.25) is 0 Å². The lowest BCUT2D eigenvalue weighted by molar-refractivity contribution is 0.565. The van der Waals surface area contributed by atoms with E-state index in [1.54, 1.807) is 6.92 Å². The smallest absolute Gasteiger partial charge is 0.322 e. The topological polar surface area (TPSA) is 71.7 Å². The molecule has 0 aliphatic rings. The van der Waals surface area contributed by atoms with Crippen LogP contribution in [0.5, 0.6) is 0 Å². The van der Waals surface area contributed by atoms with Crippen LogP contribution in [0.25, 0.3) is 11.3 Å². The molecule has 5 nitrogen and oxygen atoms in total. The summed E-state index contributed by atoms with van der Waals surface area (Å²) in [5, 5.41) is 17.5. The maximum Gasteiger partial charge on any atom is 0.322 e. The number of allylic oxidation sites excluding steroid dienone is 1. The van der Waals surface area contributed by atoms with Crippen LogP contribution in [0.15, 0.2) is 30.3 Å². The third-order valence-corrected chi connectivity index (χ3v) is 2.79. The van der Waals surface area contributed by atoms with Crippen molar-refractivity contribution < 1.29 is 4.65 Å². The minimum Gasteiger partial charge on any atom is -0.565 e. The molecule has 0 atom stereocenters. The van der Waals surface area contributed by atoms with Crippen LogP contribution < -0.4 is 0 Å². The molecule has 0 radical (unpaired) electrons. The Bertz CT molecular complexity index is 692. The molecule has 0 spiro atoms. The van der Waals surface area contributed by atoms with Crippen molar-refractivity contribution in [2.75, 3.05) is 0 Å². The van der Waals surface area contributed by atoms with Crippen molar-refractivity contribution in [2.24, 2.45) is 0 Å². The lowest BCUT2D eigenvalue weighted by Crippen LogP contribution is -2.05. The average Bonchev–Trinajstić information content (AvgIpc) is 2.46. The molecule has 0 saturated heterocycles. The summed E-state index contributed by atoms with van der Waals surface area (Å²) < 4.78 is 5.38. The molecule has 2 rings (SSSR count). The van der Waals surface area contributed by atoms with Crippen LogP contribution >= 0.6 is 0 Å². The van der Waals surface area contributed by atoms with Crippen molar-refractivity contribution >= 4 is 19.4 Å². The van der Waals surface area contributed by atoms with E-state index in [1.165, 1.54) is 8.05 Å². The zero-order chi connectivity index (χ0) is 14.5. The SMILES string of the molecule is BOC(=C(C#N)c1ccccc1)c1nnc(C)nc1C. The van der Waals surface area contributed by atoms with Crippen molar-refractivity contribution in [3.8, 4) is 6.07 Å². The molecule has 0 unspecified atom stereocenters. The minimum atomic E-state index is 0.385. The highest BCUT2D eigenvalue weighted by Gasteiger charge is 2.16. The number of nitriles is 1. The summed E-state index contributed by atoms with van der Waals surface area (Å²) in [6.45, 7) is 3.58. The molecule has 1 aromatic carbocycles. The highest BCUT2D eigenvalue weighted by atomic mass is 16.4.